The fourth-order valence-corrected chi connectivity index (χ4v) is 4.56. The molecule has 0 spiro atoms. The van der Waals surface area contributed by atoms with Gasteiger partial charge >= 0.3 is 0 Å². The zero-order valence-electron chi connectivity index (χ0n) is 17.0. The van der Waals surface area contributed by atoms with Crippen molar-refractivity contribution in [2.75, 3.05) is 0 Å². The van der Waals surface area contributed by atoms with Crippen LogP contribution in [0, 0.1) is 24.2 Å². The lowest BCUT2D eigenvalue weighted by atomic mass is 9.76. The van der Waals surface area contributed by atoms with Crippen LogP contribution in [0.3, 0.4) is 0 Å². The van der Waals surface area contributed by atoms with Gasteiger partial charge in [0, 0.05) is 0 Å². The Balaban J connectivity index is 1.55. The number of rotatable bonds is 7. The summed E-state index contributed by atoms with van der Waals surface area (Å²) in [5.41, 5.74) is 6.50. The van der Waals surface area contributed by atoms with E-state index in [1.165, 1.54) is 61.6 Å². The molecule has 1 heteroatoms. The summed E-state index contributed by atoms with van der Waals surface area (Å²) >= 11 is 0. The molecule has 0 heterocycles. The van der Waals surface area contributed by atoms with Crippen LogP contribution in [0.1, 0.15) is 85.6 Å². The van der Waals surface area contributed by atoms with Gasteiger partial charge in [0.1, 0.15) is 0 Å². The summed E-state index contributed by atoms with van der Waals surface area (Å²) in [6.45, 7) is 4.57. The van der Waals surface area contributed by atoms with Crippen molar-refractivity contribution in [1.82, 2.24) is 0 Å². The third-order valence-electron chi connectivity index (χ3n) is 6.42. The number of aryl methyl sites for hydroxylation is 3. The lowest BCUT2D eigenvalue weighted by molar-refractivity contribution is 0.304. The highest BCUT2D eigenvalue weighted by molar-refractivity contribution is 5.35. The third-order valence-corrected chi connectivity index (χ3v) is 6.42. The van der Waals surface area contributed by atoms with Crippen molar-refractivity contribution in [3.05, 3.63) is 70.3 Å². The Morgan fingerprint density at radius 3 is 2.33 bits per heavy atom. The van der Waals surface area contributed by atoms with Gasteiger partial charge in [-0.3, -0.25) is 0 Å². The molecule has 0 atom stereocenters. The molecule has 0 radical (unpaired) electrons. The van der Waals surface area contributed by atoms with Gasteiger partial charge in [-0.25, -0.2) is 0 Å². The van der Waals surface area contributed by atoms with E-state index in [1.807, 2.05) is 12.1 Å². The summed E-state index contributed by atoms with van der Waals surface area (Å²) in [4.78, 5) is 0. The zero-order chi connectivity index (χ0) is 19.1. The van der Waals surface area contributed by atoms with Gasteiger partial charge in [0.2, 0.25) is 0 Å². The van der Waals surface area contributed by atoms with Crippen LogP contribution in [-0.2, 0) is 12.8 Å². The Hall–Kier alpha value is -2.07. The average molecular weight is 360 g/mol. The largest absolute Gasteiger partial charge is 0.192 e. The maximum Gasteiger partial charge on any atom is 0.0991 e. The second-order valence-electron chi connectivity index (χ2n) is 8.35. The van der Waals surface area contributed by atoms with Crippen molar-refractivity contribution in [2.24, 2.45) is 5.92 Å². The Morgan fingerprint density at radius 1 is 0.963 bits per heavy atom. The average Bonchev–Trinajstić information content (AvgIpc) is 2.72. The van der Waals surface area contributed by atoms with Gasteiger partial charge in [-0.15, -0.1) is 0 Å². The summed E-state index contributed by atoms with van der Waals surface area (Å²) in [5, 5.41) is 8.91. The molecule has 2 aromatic rings. The van der Waals surface area contributed by atoms with Gasteiger partial charge in [0.25, 0.3) is 0 Å². The standard InChI is InChI=1S/C26H33N/c1-3-4-5-21-11-14-25(15-12-21)26-17-16-24(20(2)18-26)13-10-22-6-8-23(19-27)9-7-22/h6-9,16-18,21,25H,3-5,10-15H2,1-2H3. The number of benzene rings is 2. The van der Waals surface area contributed by atoms with Gasteiger partial charge in [-0.2, -0.15) is 5.26 Å². The molecule has 0 unspecified atom stereocenters. The molecule has 0 aromatic heterocycles. The molecule has 3 rings (SSSR count). The molecular formula is C26H33N. The molecule has 1 fully saturated rings. The molecule has 0 N–H and O–H groups in total. The lowest BCUT2D eigenvalue weighted by Gasteiger charge is -2.29. The van der Waals surface area contributed by atoms with Crippen molar-refractivity contribution in [3.8, 4) is 6.07 Å². The van der Waals surface area contributed by atoms with Crippen LogP contribution in [0.4, 0.5) is 0 Å². The maximum absolute atomic E-state index is 8.91. The highest BCUT2D eigenvalue weighted by atomic mass is 14.3. The number of unbranched alkanes of at least 4 members (excludes halogenated alkanes) is 1. The summed E-state index contributed by atoms with van der Waals surface area (Å²) in [6, 6.07) is 17.4. The van der Waals surface area contributed by atoms with Crippen molar-refractivity contribution in [2.45, 2.75) is 77.6 Å². The summed E-state index contributed by atoms with van der Waals surface area (Å²) in [6.07, 6.45) is 11.9. The van der Waals surface area contributed by atoms with E-state index in [-0.39, 0.29) is 0 Å². The number of hydrogen-bond donors (Lipinski definition) is 0. The van der Waals surface area contributed by atoms with E-state index in [9.17, 15) is 0 Å². The van der Waals surface area contributed by atoms with Gasteiger partial charge in [-0.1, -0.05) is 56.5 Å². The monoisotopic (exact) mass is 359 g/mol. The van der Waals surface area contributed by atoms with Gasteiger partial charge in [0.15, 0.2) is 0 Å². The minimum Gasteiger partial charge on any atom is -0.192 e. The zero-order valence-corrected chi connectivity index (χ0v) is 17.0. The van der Waals surface area contributed by atoms with E-state index in [1.54, 1.807) is 5.56 Å². The second kappa shape index (κ2) is 9.75. The fraction of sp³-hybridized carbons (Fsp3) is 0.500. The van der Waals surface area contributed by atoms with E-state index >= 15 is 0 Å². The van der Waals surface area contributed by atoms with E-state index < -0.39 is 0 Å². The van der Waals surface area contributed by atoms with Crippen LogP contribution in [0.25, 0.3) is 0 Å². The van der Waals surface area contributed by atoms with Gasteiger partial charge in [0.05, 0.1) is 11.6 Å². The predicted molar refractivity (Wildman–Crippen MR) is 114 cm³/mol. The van der Waals surface area contributed by atoms with Crippen LogP contribution in [0.5, 0.6) is 0 Å². The smallest absolute Gasteiger partial charge is 0.0991 e. The van der Waals surface area contributed by atoms with E-state index in [0.717, 1.165) is 30.2 Å². The third kappa shape index (κ3) is 5.46. The summed E-state index contributed by atoms with van der Waals surface area (Å²) < 4.78 is 0. The van der Waals surface area contributed by atoms with Crippen LogP contribution in [0.15, 0.2) is 42.5 Å². The molecule has 1 saturated carbocycles. The molecule has 27 heavy (non-hydrogen) atoms. The van der Waals surface area contributed by atoms with E-state index in [4.69, 9.17) is 5.26 Å². The normalized spacial score (nSPS) is 19.6. The van der Waals surface area contributed by atoms with Crippen molar-refractivity contribution < 1.29 is 0 Å². The van der Waals surface area contributed by atoms with Crippen molar-refractivity contribution in [1.29, 1.82) is 5.26 Å². The Morgan fingerprint density at radius 2 is 1.70 bits per heavy atom. The van der Waals surface area contributed by atoms with Crippen LogP contribution < -0.4 is 0 Å². The first kappa shape index (κ1) is 19.7. The molecule has 1 nitrogen and oxygen atoms in total. The molecule has 142 valence electrons. The Kier molecular flexibility index (Phi) is 7.11. The molecular weight excluding hydrogens is 326 g/mol. The Bertz CT molecular complexity index is 758. The van der Waals surface area contributed by atoms with Crippen LogP contribution >= 0.6 is 0 Å². The molecule has 1 aliphatic rings. The lowest BCUT2D eigenvalue weighted by Crippen LogP contribution is -2.13. The highest BCUT2D eigenvalue weighted by Crippen LogP contribution is 2.38. The molecule has 0 saturated heterocycles. The van der Waals surface area contributed by atoms with Crippen molar-refractivity contribution >= 4 is 0 Å². The highest BCUT2D eigenvalue weighted by Gasteiger charge is 2.22. The predicted octanol–water partition coefficient (Wildman–Crippen LogP) is 7.12. The van der Waals surface area contributed by atoms with Crippen LogP contribution in [-0.4, -0.2) is 0 Å². The maximum atomic E-state index is 8.91. The Labute approximate surface area is 165 Å². The molecule has 2 aromatic carbocycles. The van der Waals surface area contributed by atoms with Gasteiger partial charge < -0.3 is 0 Å². The molecule has 0 bridgehead atoms. The number of nitriles is 1. The quantitative estimate of drug-likeness (QED) is 0.516. The number of nitrogens with zero attached hydrogens (tertiary/aromatic N) is 1. The first-order valence-corrected chi connectivity index (χ1v) is 10.8. The first-order chi connectivity index (χ1) is 13.2. The molecule has 0 aliphatic heterocycles. The number of hydrogen-bond acceptors (Lipinski definition) is 1. The topological polar surface area (TPSA) is 23.8 Å². The van der Waals surface area contributed by atoms with E-state index in [0.29, 0.717) is 0 Å². The fourth-order valence-electron chi connectivity index (χ4n) is 4.56. The SMILES string of the molecule is CCCCC1CCC(c2ccc(CCc3ccc(C#N)cc3)c(C)c2)CC1. The summed E-state index contributed by atoms with van der Waals surface area (Å²) in [5.74, 6) is 1.75. The minimum atomic E-state index is 0.740. The summed E-state index contributed by atoms with van der Waals surface area (Å²) in [7, 11) is 0. The van der Waals surface area contributed by atoms with Crippen molar-refractivity contribution in [3.63, 3.8) is 0 Å². The van der Waals surface area contributed by atoms with Crippen LogP contribution in [0.2, 0.25) is 0 Å². The van der Waals surface area contributed by atoms with E-state index in [2.05, 4.69) is 50.2 Å². The minimum absolute atomic E-state index is 0.740. The second-order valence-corrected chi connectivity index (χ2v) is 8.35. The van der Waals surface area contributed by atoms with Gasteiger partial charge in [-0.05, 0) is 91.7 Å². The molecule has 0 amide bonds. The first-order valence-electron chi connectivity index (χ1n) is 10.8. The molecule has 1 aliphatic carbocycles.